The first-order valence-electron chi connectivity index (χ1n) is 4.57. The predicted octanol–water partition coefficient (Wildman–Crippen LogP) is 2.46. The Labute approximate surface area is 100 Å². The zero-order chi connectivity index (χ0) is 11.5. The summed E-state index contributed by atoms with van der Waals surface area (Å²) in [4.78, 5) is 7.81. The lowest BCUT2D eigenvalue weighted by Crippen LogP contribution is -2.03. The van der Waals surface area contributed by atoms with Gasteiger partial charge in [-0.1, -0.05) is 6.07 Å². The van der Waals surface area contributed by atoms with Crippen molar-refractivity contribution in [2.45, 2.75) is 6.10 Å². The minimum atomic E-state index is -0.962. The molecule has 16 heavy (non-hydrogen) atoms. The number of rotatable bonds is 2. The van der Waals surface area contributed by atoms with E-state index in [4.69, 9.17) is 0 Å². The van der Waals surface area contributed by atoms with Crippen LogP contribution in [0.3, 0.4) is 0 Å². The standard InChI is InChI=1S/C11H8BrFN2O/c12-8-2-1-7(5-9(8)13)11(16)10-6-14-3-4-15-10/h1-6,11,16H. The van der Waals surface area contributed by atoms with Crippen molar-refractivity contribution in [1.82, 2.24) is 9.97 Å². The first kappa shape index (κ1) is 11.2. The second kappa shape index (κ2) is 4.67. The normalized spacial score (nSPS) is 12.4. The van der Waals surface area contributed by atoms with Gasteiger partial charge in [-0.15, -0.1) is 0 Å². The smallest absolute Gasteiger partial charge is 0.137 e. The number of hydrogen-bond donors (Lipinski definition) is 1. The molecule has 2 aromatic rings. The number of aliphatic hydroxyl groups is 1. The molecule has 0 aliphatic rings. The van der Waals surface area contributed by atoms with E-state index in [1.54, 1.807) is 12.1 Å². The summed E-state index contributed by atoms with van der Waals surface area (Å²) >= 11 is 3.05. The van der Waals surface area contributed by atoms with Crippen LogP contribution in [0.25, 0.3) is 0 Å². The highest BCUT2D eigenvalue weighted by Crippen LogP contribution is 2.23. The molecular formula is C11H8BrFN2O. The van der Waals surface area contributed by atoms with E-state index in [9.17, 15) is 9.50 Å². The third-order valence-corrected chi connectivity index (χ3v) is 2.77. The number of halogens is 2. The maximum absolute atomic E-state index is 13.3. The first-order valence-corrected chi connectivity index (χ1v) is 5.36. The van der Waals surface area contributed by atoms with Crippen molar-refractivity contribution in [3.8, 4) is 0 Å². The zero-order valence-corrected chi connectivity index (χ0v) is 9.73. The molecule has 0 bridgehead atoms. The van der Waals surface area contributed by atoms with E-state index in [-0.39, 0.29) is 0 Å². The molecule has 2 rings (SSSR count). The van der Waals surface area contributed by atoms with Crippen LogP contribution < -0.4 is 0 Å². The number of aromatic nitrogens is 2. The summed E-state index contributed by atoms with van der Waals surface area (Å²) in [7, 11) is 0. The second-order valence-corrected chi connectivity index (χ2v) is 4.06. The van der Waals surface area contributed by atoms with Crippen molar-refractivity contribution in [1.29, 1.82) is 0 Å². The molecule has 0 spiro atoms. The molecule has 1 aromatic heterocycles. The van der Waals surface area contributed by atoms with Crippen LogP contribution >= 0.6 is 15.9 Å². The molecule has 0 saturated heterocycles. The van der Waals surface area contributed by atoms with Gasteiger partial charge in [0.1, 0.15) is 11.9 Å². The van der Waals surface area contributed by atoms with Gasteiger partial charge in [0, 0.05) is 12.4 Å². The average molecular weight is 283 g/mol. The Morgan fingerprint density at radius 1 is 1.31 bits per heavy atom. The predicted molar refractivity (Wildman–Crippen MR) is 60.2 cm³/mol. The lowest BCUT2D eigenvalue weighted by atomic mass is 10.1. The van der Waals surface area contributed by atoms with Crippen LogP contribution in [-0.2, 0) is 0 Å². The molecular weight excluding hydrogens is 275 g/mol. The van der Waals surface area contributed by atoms with Crippen molar-refractivity contribution in [2.75, 3.05) is 0 Å². The Hall–Kier alpha value is -1.33. The molecule has 1 N–H and O–H groups in total. The van der Waals surface area contributed by atoms with Crippen LogP contribution in [0, 0.1) is 5.82 Å². The summed E-state index contributed by atoms with van der Waals surface area (Å²) in [6.07, 6.45) is 3.48. The van der Waals surface area contributed by atoms with Crippen molar-refractivity contribution in [2.24, 2.45) is 0 Å². The van der Waals surface area contributed by atoms with E-state index in [1.165, 1.54) is 24.7 Å². The van der Waals surface area contributed by atoms with Gasteiger partial charge in [0.05, 0.1) is 16.4 Å². The highest BCUT2D eigenvalue weighted by atomic mass is 79.9. The minimum Gasteiger partial charge on any atom is -0.382 e. The maximum atomic E-state index is 13.3. The second-order valence-electron chi connectivity index (χ2n) is 3.21. The van der Waals surface area contributed by atoms with Crippen molar-refractivity contribution in [3.05, 3.63) is 58.3 Å². The van der Waals surface area contributed by atoms with Crippen molar-refractivity contribution < 1.29 is 9.50 Å². The summed E-state index contributed by atoms with van der Waals surface area (Å²) in [5.74, 6) is -0.416. The quantitative estimate of drug-likeness (QED) is 0.920. The van der Waals surface area contributed by atoms with E-state index < -0.39 is 11.9 Å². The number of nitrogens with zero attached hydrogens (tertiary/aromatic N) is 2. The van der Waals surface area contributed by atoms with Crippen LogP contribution in [0.15, 0.2) is 41.3 Å². The largest absolute Gasteiger partial charge is 0.382 e. The highest BCUT2D eigenvalue weighted by Gasteiger charge is 2.13. The van der Waals surface area contributed by atoms with Crippen LogP contribution in [0.4, 0.5) is 4.39 Å². The SMILES string of the molecule is OC(c1ccc(Br)c(F)c1)c1cnccn1. The van der Waals surface area contributed by atoms with Crippen LogP contribution in [0.1, 0.15) is 17.4 Å². The molecule has 0 amide bonds. The minimum absolute atomic E-state index is 0.364. The molecule has 0 saturated carbocycles. The average Bonchev–Trinajstić information content (AvgIpc) is 2.33. The van der Waals surface area contributed by atoms with E-state index in [2.05, 4.69) is 25.9 Å². The van der Waals surface area contributed by atoms with Gasteiger partial charge in [0.2, 0.25) is 0 Å². The Balaban J connectivity index is 2.34. The van der Waals surface area contributed by atoms with Gasteiger partial charge >= 0.3 is 0 Å². The van der Waals surface area contributed by atoms with Gasteiger partial charge in [-0.05, 0) is 33.6 Å². The molecule has 0 aliphatic carbocycles. The number of hydrogen-bond acceptors (Lipinski definition) is 3. The lowest BCUT2D eigenvalue weighted by molar-refractivity contribution is 0.214. The zero-order valence-electron chi connectivity index (χ0n) is 8.14. The van der Waals surface area contributed by atoms with Crippen LogP contribution in [-0.4, -0.2) is 15.1 Å². The molecule has 1 aromatic carbocycles. The molecule has 5 heteroatoms. The van der Waals surface area contributed by atoms with Gasteiger partial charge in [0.15, 0.2) is 0 Å². The van der Waals surface area contributed by atoms with Gasteiger partial charge in [-0.3, -0.25) is 9.97 Å². The third kappa shape index (κ3) is 2.25. The van der Waals surface area contributed by atoms with E-state index in [0.717, 1.165) is 0 Å². The maximum Gasteiger partial charge on any atom is 0.137 e. The molecule has 82 valence electrons. The molecule has 0 aliphatic heterocycles. The molecule has 0 fully saturated rings. The monoisotopic (exact) mass is 282 g/mol. The Kier molecular flexibility index (Phi) is 3.26. The number of benzene rings is 1. The van der Waals surface area contributed by atoms with Gasteiger partial charge < -0.3 is 5.11 Å². The third-order valence-electron chi connectivity index (χ3n) is 2.12. The topological polar surface area (TPSA) is 46.0 Å². The Morgan fingerprint density at radius 3 is 2.75 bits per heavy atom. The Bertz CT molecular complexity index is 493. The molecule has 0 radical (unpaired) electrons. The fourth-order valence-electron chi connectivity index (χ4n) is 1.31. The Morgan fingerprint density at radius 2 is 2.12 bits per heavy atom. The molecule has 1 atom stereocenters. The highest BCUT2D eigenvalue weighted by molar-refractivity contribution is 9.10. The fraction of sp³-hybridized carbons (Fsp3) is 0.0909. The van der Waals surface area contributed by atoms with Gasteiger partial charge in [-0.2, -0.15) is 0 Å². The summed E-state index contributed by atoms with van der Waals surface area (Å²) in [5, 5.41) is 9.92. The van der Waals surface area contributed by atoms with E-state index in [1.807, 2.05) is 0 Å². The van der Waals surface area contributed by atoms with Crippen LogP contribution in [0.2, 0.25) is 0 Å². The lowest BCUT2D eigenvalue weighted by Gasteiger charge is -2.10. The van der Waals surface area contributed by atoms with Crippen molar-refractivity contribution in [3.63, 3.8) is 0 Å². The van der Waals surface area contributed by atoms with E-state index >= 15 is 0 Å². The first-order chi connectivity index (χ1) is 7.68. The molecule has 1 heterocycles. The fourth-order valence-corrected chi connectivity index (χ4v) is 1.55. The van der Waals surface area contributed by atoms with Gasteiger partial charge in [0.25, 0.3) is 0 Å². The van der Waals surface area contributed by atoms with E-state index in [0.29, 0.717) is 15.7 Å². The van der Waals surface area contributed by atoms with Crippen LogP contribution in [0.5, 0.6) is 0 Å². The number of aliphatic hydroxyl groups excluding tert-OH is 1. The van der Waals surface area contributed by atoms with Gasteiger partial charge in [-0.25, -0.2) is 4.39 Å². The summed E-state index contributed by atoms with van der Waals surface area (Å²) in [6, 6.07) is 4.44. The molecule has 1 unspecified atom stereocenters. The van der Waals surface area contributed by atoms with Crippen molar-refractivity contribution >= 4 is 15.9 Å². The summed E-state index contributed by atoms with van der Waals surface area (Å²) in [5.41, 5.74) is 0.838. The molecule has 3 nitrogen and oxygen atoms in total. The summed E-state index contributed by atoms with van der Waals surface area (Å²) in [6.45, 7) is 0. The summed E-state index contributed by atoms with van der Waals surface area (Å²) < 4.78 is 13.6.